The summed E-state index contributed by atoms with van der Waals surface area (Å²) in [7, 11) is 0. The first-order valence-corrected chi connectivity index (χ1v) is 31.6. The lowest BCUT2D eigenvalue weighted by Gasteiger charge is -2.47. The lowest BCUT2D eigenvalue weighted by Crippen LogP contribution is -2.60. The fraction of sp³-hybridized carbons (Fsp3) is 0.377. The highest BCUT2D eigenvalue weighted by atomic mass is 32.1. The lowest BCUT2D eigenvalue weighted by molar-refractivity contribution is 0.332. The Kier molecular flexibility index (Phi) is 11.6. The number of nitrogens with zero attached hydrogens (tertiary/aromatic N) is 3. The second-order valence-corrected chi connectivity index (χ2v) is 31.7. The molecule has 14 rings (SSSR count). The molecule has 1 aromatic heterocycles. The summed E-state index contributed by atoms with van der Waals surface area (Å²) in [4.78, 5) is 8.05. The van der Waals surface area contributed by atoms with Gasteiger partial charge in [-0.25, -0.2) is 0 Å². The average molecular weight is 1090 g/mol. The molecule has 0 spiro atoms. The summed E-state index contributed by atoms with van der Waals surface area (Å²) in [5.74, 6) is 0. The van der Waals surface area contributed by atoms with Crippen LogP contribution in [0.15, 0.2) is 146 Å². The third kappa shape index (κ3) is 8.08. The molecule has 5 aliphatic rings. The van der Waals surface area contributed by atoms with E-state index >= 15 is 0 Å². The highest BCUT2D eigenvalue weighted by molar-refractivity contribution is 7.33. The number of anilines is 9. The van der Waals surface area contributed by atoms with E-state index in [0.29, 0.717) is 0 Å². The maximum Gasteiger partial charge on any atom is 0.264 e. The number of benzene rings is 8. The molecular formula is C77H84BN3S. The smallest absolute Gasteiger partial charge is 0.264 e. The van der Waals surface area contributed by atoms with Crippen LogP contribution in [-0.2, 0) is 37.9 Å². The average Bonchev–Trinajstić information content (AvgIpc) is 1.54. The Labute approximate surface area is 494 Å². The zero-order valence-electron chi connectivity index (χ0n) is 51.9. The van der Waals surface area contributed by atoms with Gasteiger partial charge in [-0.05, 0) is 222 Å². The van der Waals surface area contributed by atoms with Crippen LogP contribution >= 0.6 is 11.3 Å². The Balaban J connectivity index is 1.16. The molecule has 0 bridgehead atoms. The van der Waals surface area contributed by atoms with E-state index < -0.39 is 0 Å². The number of fused-ring (bicyclic) bond motifs is 10. The minimum Gasteiger partial charge on any atom is -0.311 e. The zero-order valence-corrected chi connectivity index (χ0v) is 52.7. The standard InChI is InChI=1S/C77H84BN3S/c1-47-38-57-60(76(13,14)36-34-73(57,7)8)45-64(47)81-63-31-27-50(71(2,3)4)40-62(63)78-68-65(42-54(43-66(68)81)79(51-24-18-17-19-25-51)52-28-26-48-22-20-21-23-49(48)39-52)80(53-29-30-56-58(41-53)74(9,10)33-32-72(56,5)6)69-55-44-59-61(46-67(55)82-70(69)78)77(15,16)37-35-75(59,11)12/h17-31,38-46H,32-37H2,1-16H3. The van der Waals surface area contributed by atoms with Crippen LogP contribution in [0.3, 0.4) is 0 Å². The summed E-state index contributed by atoms with van der Waals surface area (Å²) in [6.45, 7) is 39.4. The summed E-state index contributed by atoms with van der Waals surface area (Å²) in [6.07, 6.45) is 7.02. The summed E-state index contributed by atoms with van der Waals surface area (Å²) < 4.78 is 2.83. The highest BCUT2D eigenvalue weighted by Gasteiger charge is 2.49. The van der Waals surface area contributed by atoms with Crippen LogP contribution in [0.5, 0.6) is 0 Å². The molecule has 0 amide bonds. The van der Waals surface area contributed by atoms with Gasteiger partial charge in [0.15, 0.2) is 0 Å². The van der Waals surface area contributed by atoms with Gasteiger partial charge in [0.2, 0.25) is 0 Å². The lowest BCUT2D eigenvalue weighted by atomic mass is 9.36. The van der Waals surface area contributed by atoms with E-state index in [9.17, 15) is 0 Å². The number of hydrogen-bond donors (Lipinski definition) is 0. The summed E-state index contributed by atoms with van der Waals surface area (Å²) >= 11 is 2.07. The zero-order chi connectivity index (χ0) is 57.6. The summed E-state index contributed by atoms with van der Waals surface area (Å²) in [5.41, 5.74) is 25.7. The van der Waals surface area contributed by atoms with Crippen molar-refractivity contribution in [3.8, 4) is 0 Å². The number of para-hydroxylation sites is 1. The fourth-order valence-electron chi connectivity index (χ4n) is 15.7. The minimum atomic E-state index is -0.0656. The topological polar surface area (TPSA) is 9.72 Å². The number of hydrogen-bond acceptors (Lipinski definition) is 4. The Bertz CT molecular complexity index is 4140. The molecule has 416 valence electrons. The van der Waals surface area contributed by atoms with Crippen LogP contribution in [0.2, 0.25) is 0 Å². The van der Waals surface area contributed by atoms with Gasteiger partial charge in [-0.1, -0.05) is 177 Å². The monoisotopic (exact) mass is 1090 g/mol. The maximum absolute atomic E-state index is 2.78. The predicted octanol–water partition coefficient (Wildman–Crippen LogP) is 20.3. The Morgan fingerprint density at radius 3 is 1.62 bits per heavy atom. The molecule has 0 unspecified atom stereocenters. The van der Waals surface area contributed by atoms with Crippen molar-refractivity contribution in [2.75, 3.05) is 14.7 Å². The van der Waals surface area contributed by atoms with Crippen molar-refractivity contribution >= 4 is 106 Å². The second kappa shape index (κ2) is 17.7. The molecule has 0 radical (unpaired) electrons. The van der Waals surface area contributed by atoms with Crippen LogP contribution in [0, 0.1) is 6.92 Å². The molecule has 0 fully saturated rings. The molecule has 8 aromatic carbocycles. The summed E-state index contributed by atoms with van der Waals surface area (Å²) in [6, 6.07) is 58.0. The van der Waals surface area contributed by atoms with Gasteiger partial charge in [0.25, 0.3) is 6.71 Å². The first-order valence-electron chi connectivity index (χ1n) is 30.8. The van der Waals surface area contributed by atoms with Crippen molar-refractivity contribution in [2.24, 2.45) is 0 Å². The second-order valence-electron chi connectivity index (χ2n) is 30.7. The molecule has 0 atom stereocenters. The maximum atomic E-state index is 2.78. The molecule has 9 aromatic rings. The quantitative estimate of drug-likeness (QED) is 0.159. The van der Waals surface area contributed by atoms with Crippen molar-refractivity contribution in [3.63, 3.8) is 0 Å². The largest absolute Gasteiger partial charge is 0.311 e. The van der Waals surface area contributed by atoms with Crippen LogP contribution in [0.1, 0.15) is 187 Å². The van der Waals surface area contributed by atoms with Gasteiger partial charge < -0.3 is 14.7 Å². The van der Waals surface area contributed by atoms with Crippen molar-refractivity contribution in [1.82, 2.24) is 0 Å². The van der Waals surface area contributed by atoms with Crippen LogP contribution in [-0.4, -0.2) is 6.71 Å². The van der Waals surface area contributed by atoms with E-state index in [4.69, 9.17) is 0 Å². The van der Waals surface area contributed by atoms with Gasteiger partial charge >= 0.3 is 0 Å². The molecule has 2 aliphatic heterocycles. The van der Waals surface area contributed by atoms with Gasteiger partial charge in [-0.3, -0.25) is 0 Å². The molecule has 0 N–H and O–H groups in total. The molecule has 3 aliphatic carbocycles. The molecule has 3 heterocycles. The van der Waals surface area contributed by atoms with Crippen LogP contribution in [0.25, 0.3) is 20.9 Å². The van der Waals surface area contributed by atoms with Gasteiger partial charge in [-0.15, -0.1) is 11.3 Å². The Morgan fingerprint density at radius 2 is 0.988 bits per heavy atom. The van der Waals surface area contributed by atoms with Crippen molar-refractivity contribution in [1.29, 1.82) is 0 Å². The number of aryl methyl sites for hydroxylation is 1. The molecule has 0 saturated carbocycles. The van der Waals surface area contributed by atoms with Gasteiger partial charge in [0.05, 0.1) is 11.4 Å². The number of thiophene rings is 1. The van der Waals surface area contributed by atoms with Crippen molar-refractivity contribution < 1.29 is 0 Å². The number of rotatable bonds is 5. The van der Waals surface area contributed by atoms with Gasteiger partial charge in [0.1, 0.15) is 0 Å². The summed E-state index contributed by atoms with van der Waals surface area (Å²) in [5, 5.41) is 3.84. The highest BCUT2D eigenvalue weighted by Crippen LogP contribution is 2.57. The van der Waals surface area contributed by atoms with E-state index in [2.05, 4.69) is 282 Å². The molecule has 5 heteroatoms. The molecule has 3 nitrogen and oxygen atoms in total. The third-order valence-corrected chi connectivity index (χ3v) is 22.5. The molecule has 82 heavy (non-hydrogen) atoms. The Hall–Kier alpha value is -6.56. The molecule has 0 saturated heterocycles. The van der Waals surface area contributed by atoms with Crippen LogP contribution < -0.4 is 30.4 Å². The molecular weight excluding hydrogens is 1010 g/mol. The SMILES string of the molecule is Cc1cc2c(cc1N1c3ccc(C(C)(C)C)cc3B3c4sc5cc6c(cc5c4N(c4ccc5c(c4)C(C)(C)CCC5(C)C)c4cc(N(c5ccccc5)c5ccc7ccccc7c5)cc1c43)C(C)(C)CCC6(C)C)C(C)(C)CCC2(C)C. The van der Waals surface area contributed by atoms with E-state index in [1.165, 1.54) is 141 Å². The fourth-order valence-corrected chi connectivity index (χ4v) is 17.0. The van der Waals surface area contributed by atoms with Crippen LogP contribution in [0.4, 0.5) is 51.2 Å². The predicted molar refractivity (Wildman–Crippen MR) is 357 cm³/mol. The van der Waals surface area contributed by atoms with E-state index in [0.717, 1.165) is 29.9 Å². The van der Waals surface area contributed by atoms with E-state index in [1.807, 2.05) is 0 Å². The first kappa shape index (κ1) is 53.5. The van der Waals surface area contributed by atoms with Crippen molar-refractivity contribution in [2.45, 2.75) is 187 Å². The van der Waals surface area contributed by atoms with Gasteiger partial charge in [-0.2, -0.15) is 0 Å². The van der Waals surface area contributed by atoms with E-state index in [1.54, 1.807) is 0 Å². The van der Waals surface area contributed by atoms with Crippen molar-refractivity contribution in [3.05, 3.63) is 190 Å². The van der Waals surface area contributed by atoms with E-state index in [-0.39, 0.29) is 44.6 Å². The Morgan fingerprint density at radius 1 is 0.439 bits per heavy atom. The van der Waals surface area contributed by atoms with Gasteiger partial charge in [0, 0.05) is 54.7 Å². The first-order chi connectivity index (χ1) is 38.6. The minimum absolute atomic E-state index is 0.0142. The normalized spacial score (nSPS) is 19.2. The third-order valence-electron chi connectivity index (χ3n) is 21.3.